The van der Waals surface area contributed by atoms with Gasteiger partial charge < -0.3 is 5.73 Å². The second-order valence-electron chi connectivity index (χ2n) is 5.50. The lowest BCUT2D eigenvalue weighted by atomic mass is 10.1. The van der Waals surface area contributed by atoms with Crippen LogP contribution in [0.15, 0.2) is 23.1 Å². The summed E-state index contributed by atoms with van der Waals surface area (Å²) < 4.78 is 27.1. The van der Waals surface area contributed by atoms with Crippen LogP contribution in [0.3, 0.4) is 0 Å². The minimum absolute atomic E-state index is 0.000227. The molecule has 3 N–H and O–H groups in total. The lowest BCUT2D eigenvalue weighted by Crippen LogP contribution is -2.29. The summed E-state index contributed by atoms with van der Waals surface area (Å²) in [4.78, 5) is 0.000227. The molecule has 1 saturated carbocycles. The van der Waals surface area contributed by atoms with Crippen LogP contribution in [0, 0.1) is 23.2 Å². The monoisotopic (exact) mass is 293 g/mol. The van der Waals surface area contributed by atoms with Crippen LogP contribution in [0.2, 0.25) is 0 Å². The first-order valence-corrected chi connectivity index (χ1v) is 8.20. The first-order chi connectivity index (χ1) is 9.42. The van der Waals surface area contributed by atoms with Crippen LogP contribution in [0.1, 0.15) is 31.7 Å². The third kappa shape index (κ3) is 3.30. The second kappa shape index (κ2) is 5.81. The van der Waals surface area contributed by atoms with Gasteiger partial charge in [0.15, 0.2) is 0 Å². The SMILES string of the molecule is CC1CCC(CNS(=O)(=O)c2ccc(N)cc2C#N)C1. The van der Waals surface area contributed by atoms with E-state index < -0.39 is 10.0 Å². The Hall–Kier alpha value is -1.58. The lowest BCUT2D eigenvalue weighted by molar-refractivity contribution is 0.498. The molecule has 2 rings (SSSR count). The largest absolute Gasteiger partial charge is 0.399 e. The number of hydrogen-bond acceptors (Lipinski definition) is 4. The highest BCUT2D eigenvalue weighted by molar-refractivity contribution is 7.89. The number of nitriles is 1. The molecule has 0 aliphatic heterocycles. The standard InChI is InChI=1S/C14H19N3O2S/c1-10-2-3-11(6-10)9-17-20(18,19)14-5-4-13(16)7-12(14)8-15/h4-5,7,10-11,17H,2-3,6,9,16H2,1H3. The van der Waals surface area contributed by atoms with Gasteiger partial charge in [0.1, 0.15) is 6.07 Å². The van der Waals surface area contributed by atoms with E-state index in [1.54, 1.807) is 0 Å². The summed E-state index contributed by atoms with van der Waals surface area (Å²) in [5.74, 6) is 1.05. The van der Waals surface area contributed by atoms with Crippen molar-refractivity contribution in [2.75, 3.05) is 12.3 Å². The van der Waals surface area contributed by atoms with Crippen LogP contribution in [-0.4, -0.2) is 15.0 Å². The number of hydrogen-bond donors (Lipinski definition) is 2. The van der Waals surface area contributed by atoms with Crippen LogP contribution in [0.25, 0.3) is 0 Å². The van der Waals surface area contributed by atoms with E-state index in [0.29, 0.717) is 24.1 Å². The van der Waals surface area contributed by atoms with Gasteiger partial charge in [-0.25, -0.2) is 13.1 Å². The molecule has 0 bridgehead atoms. The van der Waals surface area contributed by atoms with Crippen molar-refractivity contribution in [1.82, 2.24) is 4.72 Å². The van der Waals surface area contributed by atoms with Gasteiger partial charge in [0.25, 0.3) is 0 Å². The summed E-state index contributed by atoms with van der Waals surface area (Å²) >= 11 is 0. The number of nitrogens with two attached hydrogens (primary N) is 1. The molecule has 0 aromatic heterocycles. The minimum Gasteiger partial charge on any atom is -0.399 e. The number of nitrogens with zero attached hydrogens (tertiary/aromatic N) is 1. The molecule has 6 heteroatoms. The second-order valence-corrected chi connectivity index (χ2v) is 7.24. The van der Waals surface area contributed by atoms with E-state index in [0.717, 1.165) is 19.3 Å². The summed E-state index contributed by atoms with van der Waals surface area (Å²) in [5, 5.41) is 9.02. The van der Waals surface area contributed by atoms with Gasteiger partial charge >= 0.3 is 0 Å². The van der Waals surface area contributed by atoms with Crippen LogP contribution >= 0.6 is 0 Å². The van der Waals surface area contributed by atoms with E-state index in [-0.39, 0.29) is 10.5 Å². The van der Waals surface area contributed by atoms with E-state index in [1.807, 2.05) is 6.07 Å². The Morgan fingerprint density at radius 3 is 2.80 bits per heavy atom. The summed E-state index contributed by atoms with van der Waals surface area (Å²) in [6, 6.07) is 6.14. The predicted molar refractivity (Wildman–Crippen MR) is 77.3 cm³/mol. The average molecular weight is 293 g/mol. The molecule has 1 aromatic rings. The van der Waals surface area contributed by atoms with Gasteiger partial charge in [0, 0.05) is 12.2 Å². The molecule has 2 unspecified atom stereocenters. The van der Waals surface area contributed by atoms with E-state index in [1.165, 1.54) is 18.2 Å². The summed E-state index contributed by atoms with van der Waals surface area (Å²) in [7, 11) is -3.65. The summed E-state index contributed by atoms with van der Waals surface area (Å²) in [6.07, 6.45) is 3.25. The molecule has 0 spiro atoms. The van der Waals surface area contributed by atoms with Crippen molar-refractivity contribution in [3.63, 3.8) is 0 Å². The number of nitrogen functional groups attached to an aromatic ring is 1. The Labute approximate surface area is 119 Å². The Bertz CT molecular complexity index is 634. The van der Waals surface area contributed by atoms with Crippen molar-refractivity contribution < 1.29 is 8.42 Å². The molecule has 20 heavy (non-hydrogen) atoms. The fourth-order valence-corrected chi connectivity index (χ4v) is 3.94. The minimum atomic E-state index is -3.65. The maximum absolute atomic E-state index is 12.3. The first-order valence-electron chi connectivity index (χ1n) is 6.71. The highest BCUT2D eigenvalue weighted by Crippen LogP contribution is 2.30. The van der Waals surface area contributed by atoms with Crippen LogP contribution in [0.5, 0.6) is 0 Å². The Balaban J connectivity index is 2.13. The topological polar surface area (TPSA) is 96.0 Å². The van der Waals surface area contributed by atoms with E-state index in [4.69, 9.17) is 11.0 Å². The zero-order valence-corrected chi connectivity index (χ0v) is 12.3. The number of nitrogens with one attached hydrogen (secondary N) is 1. The molecule has 0 heterocycles. The van der Waals surface area contributed by atoms with E-state index >= 15 is 0 Å². The van der Waals surface area contributed by atoms with Crippen LogP contribution in [-0.2, 0) is 10.0 Å². The molecule has 0 radical (unpaired) electrons. The molecule has 2 atom stereocenters. The zero-order valence-electron chi connectivity index (χ0n) is 11.5. The Morgan fingerprint density at radius 1 is 1.45 bits per heavy atom. The van der Waals surface area contributed by atoms with E-state index in [9.17, 15) is 8.42 Å². The number of sulfonamides is 1. The van der Waals surface area contributed by atoms with Gasteiger partial charge in [-0.2, -0.15) is 5.26 Å². The first kappa shape index (κ1) is 14.8. The van der Waals surface area contributed by atoms with Gasteiger partial charge in [-0.05, 0) is 42.9 Å². The van der Waals surface area contributed by atoms with E-state index in [2.05, 4.69) is 11.6 Å². The Kier molecular flexibility index (Phi) is 4.31. The molecule has 1 aromatic carbocycles. The maximum atomic E-state index is 12.3. The highest BCUT2D eigenvalue weighted by Gasteiger charge is 2.24. The number of benzene rings is 1. The molecule has 108 valence electrons. The van der Waals surface area contributed by atoms with Crippen molar-refractivity contribution in [2.24, 2.45) is 11.8 Å². The molecule has 1 fully saturated rings. The lowest BCUT2D eigenvalue weighted by Gasteiger charge is -2.12. The molecule has 1 aliphatic rings. The average Bonchev–Trinajstić information content (AvgIpc) is 2.82. The van der Waals surface area contributed by atoms with Crippen LogP contribution < -0.4 is 10.5 Å². The van der Waals surface area contributed by atoms with Gasteiger partial charge in [-0.3, -0.25) is 0 Å². The van der Waals surface area contributed by atoms with Crippen molar-refractivity contribution >= 4 is 15.7 Å². The molecule has 0 amide bonds. The number of rotatable bonds is 4. The predicted octanol–water partition coefficient (Wildman–Crippen LogP) is 1.85. The molecular weight excluding hydrogens is 274 g/mol. The fourth-order valence-electron chi connectivity index (χ4n) is 2.68. The molecule has 0 saturated heterocycles. The van der Waals surface area contributed by atoms with Crippen molar-refractivity contribution in [2.45, 2.75) is 31.1 Å². The highest BCUT2D eigenvalue weighted by atomic mass is 32.2. The fraction of sp³-hybridized carbons (Fsp3) is 0.500. The van der Waals surface area contributed by atoms with Crippen molar-refractivity contribution in [1.29, 1.82) is 5.26 Å². The smallest absolute Gasteiger partial charge is 0.241 e. The molecule has 5 nitrogen and oxygen atoms in total. The van der Waals surface area contributed by atoms with Gasteiger partial charge in [0.05, 0.1) is 10.5 Å². The maximum Gasteiger partial charge on any atom is 0.241 e. The molecular formula is C14H19N3O2S. The van der Waals surface area contributed by atoms with Crippen molar-refractivity contribution in [3.8, 4) is 6.07 Å². The van der Waals surface area contributed by atoms with Crippen LogP contribution in [0.4, 0.5) is 5.69 Å². The zero-order chi connectivity index (χ0) is 14.8. The summed E-state index contributed by atoms with van der Waals surface area (Å²) in [5.41, 5.74) is 6.03. The third-order valence-electron chi connectivity index (χ3n) is 3.78. The molecule has 1 aliphatic carbocycles. The van der Waals surface area contributed by atoms with Crippen molar-refractivity contribution in [3.05, 3.63) is 23.8 Å². The van der Waals surface area contributed by atoms with Gasteiger partial charge in [0.2, 0.25) is 10.0 Å². The van der Waals surface area contributed by atoms with Gasteiger partial charge in [-0.1, -0.05) is 13.3 Å². The quantitative estimate of drug-likeness (QED) is 0.828. The third-order valence-corrected chi connectivity index (χ3v) is 5.26. The number of anilines is 1. The normalized spacial score (nSPS) is 22.6. The van der Waals surface area contributed by atoms with Gasteiger partial charge in [-0.15, -0.1) is 0 Å². The Morgan fingerprint density at radius 2 is 2.20 bits per heavy atom. The summed E-state index contributed by atoms with van der Waals surface area (Å²) in [6.45, 7) is 2.62.